The normalized spacial score (nSPS) is 21.5. The number of para-hydroxylation sites is 1. The van der Waals surface area contributed by atoms with Gasteiger partial charge in [-0.15, -0.1) is 0 Å². The highest BCUT2D eigenvalue weighted by atomic mass is 35.5. The third kappa shape index (κ3) is 4.77. The Hall–Kier alpha value is -2.39. The minimum Gasteiger partial charge on any atom is -0.508 e. The number of hydrogen-bond donors (Lipinski definition) is 4. The highest BCUT2D eigenvalue weighted by Crippen LogP contribution is 2.42. The van der Waals surface area contributed by atoms with Gasteiger partial charge in [-0.25, -0.2) is 4.79 Å². The number of benzene rings is 2. The molecule has 3 atom stereocenters. The highest BCUT2D eigenvalue weighted by molar-refractivity contribution is 7.81. The molecule has 2 unspecified atom stereocenters. The van der Waals surface area contributed by atoms with Crippen molar-refractivity contribution in [1.29, 1.82) is 0 Å². The molecule has 0 aromatic heterocycles. The van der Waals surface area contributed by atoms with Crippen molar-refractivity contribution in [1.82, 2.24) is 5.32 Å². The Morgan fingerprint density at radius 1 is 1.23 bits per heavy atom. The number of phenolic OH excluding ortho intramolecular Hbond substituents is 1. The molecule has 1 fully saturated rings. The number of nitrogens with one attached hydrogen (secondary N) is 1. The molecule has 0 spiro atoms. The van der Waals surface area contributed by atoms with Gasteiger partial charge in [-0.1, -0.05) is 41.9 Å². The topological polar surface area (TPSA) is 119 Å². The number of carbonyl (C=O) groups is 3. The molecule has 1 aliphatic rings. The number of nitrogens with two attached hydrogens (primary N) is 1. The number of thiol groups is 1. The van der Waals surface area contributed by atoms with Crippen LogP contribution >= 0.6 is 24.2 Å². The second-order valence-electron chi connectivity index (χ2n) is 7.31. The lowest BCUT2D eigenvalue weighted by Crippen LogP contribution is -2.61. The summed E-state index contributed by atoms with van der Waals surface area (Å²) in [7, 11) is 0. The van der Waals surface area contributed by atoms with Crippen LogP contribution in [0.4, 0.5) is 0 Å². The van der Waals surface area contributed by atoms with Gasteiger partial charge in [0, 0.05) is 10.9 Å². The lowest BCUT2D eigenvalue weighted by atomic mass is 9.75. The van der Waals surface area contributed by atoms with Crippen molar-refractivity contribution in [3.05, 3.63) is 64.7 Å². The van der Waals surface area contributed by atoms with E-state index in [4.69, 9.17) is 22.1 Å². The van der Waals surface area contributed by atoms with E-state index in [1.807, 2.05) is 0 Å². The first-order valence-electron chi connectivity index (χ1n) is 9.74. The number of ether oxygens (including phenoxy) is 1. The predicted molar refractivity (Wildman–Crippen MR) is 119 cm³/mol. The summed E-state index contributed by atoms with van der Waals surface area (Å²) in [6, 6.07) is 13.4. The zero-order valence-electron chi connectivity index (χ0n) is 16.6. The van der Waals surface area contributed by atoms with Crippen LogP contribution in [0.3, 0.4) is 0 Å². The smallest absolute Gasteiger partial charge is 0.342 e. The van der Waals surface area contributed by atoms with E-state index < -0.39 is 41.0 Å². The number of ketones is 1. The van der Waals surface area contributed by atoms with Crippen LogP contribution in [-0.2, 0) is 25.5 Å². The summed E-state index contributed by atoms with van der Waals surface area (Å²) in [6.45, 7) is -0.204. The summed E-state index contributed by atoms with van der Waals surface area (Å²) in [4.78, 5) is 38.6. The molecule has 164 valence electrons. The minimum atomic E-state index is -1.89. The van der Waals surface area contributed by atoms with Gasteiger partial charge < -0.3 is 15.6 Å². The Labute approximate surface area is 190 Å². The molecule has 3 rings (SSSR count). The quantitative estimate of drug-likeness (QED) is 0.282. The second kappa shape index (κ2) is 9.82. The molecule has 0 radical (unpaired) electrons. The summed E-state index contributed by atoms with van der Waals surface area (Å²) in [5.74, 6) is -3.35. The molecular formula is C22H23ClN2O5S. The fourth-order valence-corrected chi connectivity index (χ4v) is 4.46. The molecule has 1 saturated heterocycles. The Morgan fingerprint density at radius 2 is 1.90 bits per heavy atom. The number of rotatable bonds is 7. The van der Waals surface area contributed by atoms with E-state index in [9.17, 15) is 19.5 Å². The summed E-state index contributed by atoms with van der Waals surface area (Å²) in [5, 5.41) is 13.0. The number of aromatic hydroxyl groups is 1. The third-order valence-electron chi connectivity index (χ3n) is 5.40. The van der Waals surface area contributed by atoms with Crippen LogP contribution in [0.1, 0.15) is 23.5 Å². The van der Waals surface area contributed by atoms with Crippen LogP contribution in [-0.4, -0.2) is 46.7 Å². The second-order valence-corrected chi connectivity index (χ2v) is 8.37. The minimum absolute atomic E-state index is 0.0558. The monoisotopic (exact) mass is 462 g/mol. The van der Waals surface area contributed by atoms with Crippen LogP contribution in [0.2, 0.25) is 5.02 Å². The molecule has 2 aromatic rings. The highest BCUT2D eigenvalue weighted by Gasteiger charge is 2.58. The number of carbonyl (C=O) groups excluding carboxylic acids is 3. The van der Waals surface area contributed by atoms with Crippen molar-refractivity contribution < 1.29 is 24.2 Å². The Kier molecular flexibility index (Phi) is 7.38. The van der Waals surface area contributed by atoms with Crippen molar-refractivity contribution in [3.63, 3.8) is 0 Å². The zero-order chi connectivity index (χ0) is 22.6. The third-order valence-corrected chi connectivity index (χ3v) is 6.07. The zero-order valence-corrected chi connectivity index (χ0v) is 18.2. The molecule has 1 aliphatic heterocycles. The summed E-state index contributed by atoms with van der Waals surface area (Å²) in [6.07, 6.45) is 0.602. The van der Waals surface area contributed by atoms with Crippen LogP contribution in [0.25, 0.3) is 0 Å². The molecule has 1 heterocycles. The lowest BCUT2D eigenvalue weighted by Gasteiger charge is -2.33. The molecule has 31 heavy (non-hydrogen) atoms. The molecule has 0 saturated carbocycles. The fraction of sp³-hybridized carbons (Fsp3) is 0.318. The van der Waals surface area contributed by atoms with Crippen LogP contribution in [0.5, 0.6) is 5.75 Å². The van der Waals surface area contributed by atoms with Gasteiger partial charge in [-0.2, -0.15) is 12.6 Å². The maximum Gasteiger partial charge on any atom is 0.342 e. The molecule has 0 amide bonds. The number of Topliss-reactive ketones (excluding diaryl/α,β-unsaturated/α-hetero) is 1. The molecule has 2 aromatic carbocycles. The van der Waals surface area contributed by atoms with Crippen molar-refractivity contribution >= 4 is 42.0 Å². The van der Waals surface area contributed by atoms with Crippen molar-refractivity contribution in [2.24, 2.45) is 5.73 Å². The van der Waals surface area contributed by atoms with Gasteiger partial charge in [0.2, 0.25) is 0 Å². The maximum absolute atomic E-state index is 13.7. The van der Waals surface area contributed by atoms with Crippen LogP contribution in [0.15, 0.2) is 48.5 Å². The molecule has 0 aliphatic carbocycles. The Bertz CT molecular complexity index is 984. The number of phenols is 1. The standard InChI is InChI=1S/C22H23ClN2O5S/c23-14-7-5-13(6-8-14)11-18(31)20(28)22(21(29)30-19(27)12-24)16(9-10-25-22)15-3-1-2-4-17(15)26/h1-8,16,18,25-26,31H,9-12,24H2/t16?,18?,22-/m1/s1. The van der Waals surface area contributed by atoms with E-state index >= 15 is 0 Å². The summed E-state index contributed by atoms with van der Waals surface area (Å²) in [5.41, 5.74) is 4.61. The van der Waals surface area contributed by atoms with Crippen LogP contribution < -0.4 is 11.1 Å². The van der Waals surface area contributed by atoms with Gasteiger partial charge in [-0.05, 0) is 48.7 Å². The maximum atomic E-state index is 13.7. The molecular weight excluding hydrogens is 440 g/mol. The van der Waals surface area contributed by atoms with E-state index in [-0.39, 0.29) is 12.2 Å². The average Bonchev–Trinajstić information content (AvgIpc) is 3.20. The van der Waals surface area contributed by atoms with Gasteiger partial charge in [0.1, 0.15) is 5.75 Å². The van der Waals surface area contributed by atoms with Crippen molar-refractivity contribution in [2.75, 3.05) is 13.1 Å². The van der Waals surface area contributed by atoms with E-state index in [0.717, 1.165) is 5.56 Å². The van der Waals surface area contributed by atoms with Gasteiger partial charge >= 0.3 is 11.9 Å². The van der Waals surface area contributed by atoms with Gasteiger partial charge in [0.15, 0.2) is 11.3 Å². The van der Waals surface area contributed by atoms with E-state index in [1.54, 1.807) is 42.5 Å². The van der Waals surface area contributed by atoms with E-state index in [1.165, 1.54) is 6.07 Å². The first-order chi connectivity index (χ1) is 14.8. The van der Waals surface area contributed by atoms with Gasteiger partial charge in [-0.3, -0.25) is 14.9 Å². The van der Waals surface area contributed by atoms with Gasteiger partial charge in [0.25, 0.3) is 0 Å². The fourth-order valence-electron chi connectivity index (χ4n) is 3.92. The molecule has 0 bridgehead atoms. The van der Waals surface area contributed by atoms with Crippen molar-refractivity contribution in [2.45, 2.75) is 29.5 Å². The van der Waals surface area contributed by atoms with Crippen LogP contribution in [0, 0.1) is 0 Å². The van der Waals surface area contributed by atoms with Gasteiger partial charge in [0.05, 0.1) is 11.8 Å². The van der Waals surface area contributed by atoms with E-state index in [0.29, 0.717) is 23.6 Å². The summed E-state index contributed by atoms with van der Waals surface area (Å²) >= 11 is 10.4. The SMILES string of the molecule is NCC(=O)OC(=O)[C@@]1(C(=O)C(S)Cc2ccc(Cl)cc2)NCCC1c1ccccc1O. The lowest BCUT2D eigenvalue weighted by molar-refractivity contribution is -0.165. The number of esters is 2. The predicted octanol–water partition coefficient (Wildman–Crippen LogP) is 2.00. The molecule has 7 nitrogen and oxygen atoms in total. The molecule has 9 heteroatoms. The number of halogens is 1. The Morgan fingerprint density at radius 3 is 2.55 bits per heavy atom. The summed E-state index contributed by atoms with van der Waals surface area (Å²) < 4.78 is 4.90. The number of hydrogen-bond acceptors (Lipinski definition) is 8. The van der Waals surface area contributed by atoms with Crippen molar-refractivity contribution in [3.8, 4) is 5.75 Å². The molecule has 4 N–H and O–H groups in total. The first kappa shape index (κ1) is 23.3. The largest absolute Gasteiger partial charge is 0.508 e. The average molecular weight is 463 g/mol. The van der Waals surface area contributed by atoms with E-state index in [2.05, 4.69) is 17.9 Å². The first-order valence-corrected chi connectivity index (χ1v) is 10.6. The Balaban J connectivity index is 1.99.